The highest BCUT2D eigenvalue weighted by Gasteiger charge is 2.15. The fraction of sp³-hybridized carbons (Fsp3) is 0.562. The van der Waals surface area contributed by atoms with E-state index in [-0.39, 0.29) is 24.0 Å². The summed E-state index contributed by atoms with van der Waals surface area (Å²) < 4.78 is 1.98. The molecule has 0 radical (unpaired) electrons. The lowest BCUT2D eigenvalue weighted by Gasteiger charge is -2.24. The van der Waals surface area contributed by atoms with Crippen molar-refractivity contribution in [1.82, 2.24) is 25.4 Å². The van der Waals surface area contributed by atoms with Gasteiger partial charge in [-0.25, -0.2) is 4.99 Å². The van der Waals surface area contributed by atoms with Gasteiger partial charge < -0.3 is 15.2 Å². The lowest BCUT2D eigenvalue weighted by Crippen LogP contribution is -2.45. The Morgan fingerprint density at radius 3 is 2.96 bits per heavy atom. The van der Waals surface area contributed by atoms with Gasteiger partial charge in [0.05, 0.1) is 6.54 Å². The zero-order valence-corrected chi connectivity index (χ0v) is 18.5. The zero-order chi connectivity index (χ0) is 16.8. The number of nitrogens with one attached hydrogen (secondary N) is 2. The Morgan fingerprint density at radius 2 is 2.32 bits per heavy atom. The predicted molar refractivity (Wildman–Crippen MR) is 117 cm³/mol. The Morgan fingerprint density at radius 1 is 1.44 bits per heavy atom. The molecule has 0 bridgehead atoms. The fourth-order valence-electron chi connectivity index (χ4n) is 2.52. The minimum absolute atomic E-state index is 0. The van der Waals surface area contributed by atoms with Crippen LogP contribution in [0.2, 0.25) is 0 Å². The Hall–Kier alpha value is -0.810. The summed E-state index contributed by atoms with van der Waals surface area (Å²) in [6.07, 6.45) is 2.47. The predicted octanol–water partition coefficient (Wildman–Crippen LogP) is 2.93. The lowest BCUT2D eigenvalue weighted by atomic mass is 10.2. The van der Waals surface area contributed by atoms with Crippen molar-refractivity contribution >= 4 is 53.0 Å². The minimum atomic E-state index is 0. The first-order valence-electron chi connectivity index (χ1n) is 8.22. The van der Waals surface area contributed by atoms with Gasteiger partial charge in [-0.15, -0.1) is 45.5 Å². The van der Waals surface area contributed by atoms with Gasteiger partial charge in [-0.2, -0.15) is 11.8 Å². The van der Waals surface area contributed by atoms with Gasteiger partial charge in [0.1, 0.15) is 12.4 Å². The third-order valence-electron chi connectivity index (χ3n) is 4.07. The Kier molecular flexibility index (Phi) is 8.50. The Labute approximate surface area is 174 Å². The molecule has 9 heteroatoms. The van der Waals surface area contributed by atoms with E-state index in [9.17, 15) is 0 Å². The fourth-order valence-corrected chi connectivity index (χ4v) is 4.24. The van der Waals surface area contributed by atoms with Crippen LogP contribution < -0.4 is 10.6 Å². The molecular formula is C16H25IN6S2. The molecule has 1 atom stereocenters. The van der Waals surface area contributed by atoms with Gasteiger partial charge >= 0.3 is 0 Å². The standard InChI is InChI=1S/C16H24N6S2.HI/c1-12-20-21-15(22(12)2)10-18-16(17-9-14-6-4-8-24-14)19-13-5-3-7-23-11-13;/h4,6,8,13H,3,5,7,9-11H2,1-2H3,(H2,17,18,19);1H. The quantitative estimate of drug-likeness (QED) is 0.382. The number of aryl methyl sites for hydroxylation is 1. The molecule has 3 heterocycles. The van der Waals surface area contributed by atoms with E-state index in [4.69, 9.17) is 4.99 Å². The van der Waals surface area contributed by atoms with Crippen LogP contribution in [0.3, 0.4) is 0 Å². The lowest BCUT2D eigenvalue weighted by molar-refractivity contribution is 0.580. The van der Waals surface area contributed by atoms with Gasteiger partial charge in [0.25, 0.3) is 0 Å². The SMILES string of the molecule is Cc1nnc(CN=C(NCc2cccs2)NC2CCCSC2)n1C.I. The molecule has 0 spiro atoms. The number of hydrogen-bond donors (Lipinski definition) is 2. The van der Waals surface area contributed by atoms with Crippen LogP contribution in [0.1, 0.15) is 29.4 Å². The number of aromatic nitrogens is 3. The third kappa shape index (κ3) is 6.14. The number of guanidine groups is 1. The van der Waals surface area contributed by atoms with Crippen LogP contribution in [-0.4, -0.2) is 38.3 Å². The molecular weight excluding hydrogens is 467 g/mol. The molecule has 1 unspecified atom stereocenters. The van der Waals surface area contributed by atoms with Gasteiger partial charge in [0.15, 0.2) is 11.8 Å². The van der Waals surface area contributed by atoms with Gasteiger partial charge in [-0.05, 0) is 37.0 Å². The van der Waals surface area contributed by atoms with E-state index >= 15 is 0 Å². The van der Waals surface area contributed by atoms with Crippen LogP contribution in [0.15, 0.2) is 22.5 Å². The van der Waals surface area contributed by atoms with E-state index in [0.29, 0.717) is 12.6 Å². The van der Waals surface area contributed by atoms with Crippen LogP contribution in [0.5, 0.6) is 0 Å². The van der Waals surface area contributed by atoms with Gasteiger partial charge in [-0.1, -0.05) is 6.07 Å². The molecule has 138 valence electrons. The number of rotatable bonds is 5. The summed E-state index contributed by atoms with van der Waals surface area (Å²) in [6, 6.07) is 4.70. The molecule has 1 aliphatic heterocycles. The topological polar surface area (TPSA) is 67.1 Å². The van der Waals surface area contributed by atoms with E-state index in [1.807, 2.05) is 30.3 Å². The van der Waals surface area contributed by atoms with Gasteiger partial charge in [-0.3, -0.25) is 0 Å². The van der Waals surface area contributed by atoms with E-state index in [0.717, 1.165) is 29.9 Å². The highest BCUT2D eigenvalue weighted by atomic mass is 127. The smallest absolute Gasteiger partial charge is 0.192 e. The molecule has 2 aromatic heterocycles. The maximum absolute atomic E-state index is 4.73. The van der Waals surface area contributed by atoms with Crippen molar-refractivity contribution in [3.63, 3.8) is 0 Å². The average molecular weight is 492 g/mol. The molecule has 1 aliphatic rings. The van der Waals surface area contributed by atoms with Crippen LogP contribution in [0.25, 0.3) is 0 Å². The van der Waals surface area contributed by atoms with Crippen molar-refractivity contribution in [2.75, 3.05) is 11.5 Å². The molecule has 3 rings (SSSR count). The first-order valence-corrected chi connectivity index (χ1v) is 10.3. The van der Waals surface area contributed by atoms with Gasteiger partial charge in [0, 0.05) is 23.7 Å². The summed E-state index contributed by atoms with van der Waals surface area (Å²) in [4.78, 5) is 6.03. The van der Waals surface area contributed by atoms with E-state index in [1.54, 1.807) is 11.3 Å². The third-order valence-corrected chi connectivity index (χ3v) is 6.16. The molecule has 0 amide bonds. The Balaban J connectivity index is 0.00000225. The molecule has 0 aromatic carbocycles. The summed E-state index contributed by atoms with van der Waals surface area (Å²) in [7, 11) is 1.98. The second kappa shape index (κ2) is 10.4. The first-order chi connectivity index (χ1) is 11.7. The van der Waals surface area contributed by atoms with Crippen molar-refractivity contribution in [3.05, 3.63) is 34.0 Å². The first kappa shape index (κ1) is 20.5. The number of nitrogens with zero attached hydrogens (tertiary/aromatic N) is 4. The van der Waals surface area contributed by atoms with Crippen LogP contribution in [0, 0.1) is 6.92 Å². The average Bonchev–Trinajstić information content (AvgIpc) is 3.23. The highest BCUT2D eigenvalue weighted by molar-refractivity contribution is 14.0. The molecule has 6 nitrogen and oxygen atoms in total. The van der Waals surface area contributed by atoms with Crippen molar-refractivity contribution < 1.29 is 0 Å². The molecule has 2 aromatic rings. The van der Waals surface area contributed by atoms with Crippen molar-refractivity contribution in [3.8, 4) is 0 Å². The minimum Gasteiger partial charge on any atom is -0.353 e. The van der Waals surface area contributed by atoms with E-state index < -0.39 is 0 Å². The normalized spacial score (nSPS) is 17.8. The van der Waals surface area contributed by atoms with Crippen LogP contribution >= 0.6 is 47.1 Å². The summed E-state index contributed by atoms with van der Waals surface area (Å²) in [5.74, 6) is 5.05. The number of thioether (sulfide) groups is 1. The van der Waals surface area contributed by atoms with E-state index in [2.05, 4.69) is 38.3 Å². The maximum Gasteiger partial charge on any atom is 0.192 e. The summed E-state index contributed by atoms with van der Waals surface area (Å²) >= 11 is 3.77. The second-order valence-electron chi connectivity index (χ2n) is 5.88. The highest BCUT2D eigenvalue weighted by Crippen LogP contribution is 2.17. The number of hydrogen-bond acceptors (Lipinski definition) is 5. The monoisotopic (exact) mass is 492 g/mol. The molecule has 2 N–H and O–H groups in total. The van der Waals surface area contributed by atoms with E-state index in [1.165, 1.54) is 23.5 Å². The molecule has 0 aliphatic carbocycles. The number of halogens is 1. The summed E-state index contributed by atoms with van der Waals surface area (Å²) in [6.45, 7) is 3.27. The molecule has 25 heavy (non-hydrogen) atoms. The molecule has 1 fully saturated rings. The maximum atomic E-state index is 4.73. The van der Waals surface area contributed by atoms with Crippen LogP contribution in [-0.2, 0) is 20.1 Å². The van der Waals surface area contributed by atoms with Crippen molar-refractivity contribution in [2.45, 2.75) is 38.9 Å². The van der Waals surface area contributed by atoms with Gasteiger partial charge in [0.2, 0.25) is 0 Å². The van der Waals surface area contributed by atoms with Crippen LogP contribution in [0.4, 0.5) is 0 Å². The largest absolute Gasteiger partial charge is 0.353 e. The zero-order valence-electron chi connectivity index (χ0n) is 14.6. The summed E-state index contributed by atoms with van der Waals surface area (Å²) in [5, 5.41) is 17.4. The second-order valence-corrected chi connectivity index (χ2v) is 8.06. The number of aliphatic imine (C=N–C) groups is 1. The summed E-state index contributed by atoms with van der Waals surface area (Å²) in [5.41, 5.74) is 0. The Bertz CT molecular complexity index is 664. The molecule has 1 saturated heterocycles. The molecule has 0 saturated carbocycles. The van der Waals surface area contributed by atoms with Crippen molar-refractivity contribution in [1.29, 1.82) is 0 Å². The van der Waals surface area contributed by atoms with Crippen molar-refractivity contribution in [2.24, 2.45) is 12.0 Å². The number of thiophene rings is 1.